The van der Waals surface area contributed by atoms with E-state index in [1.807, 2.05) is 6.20 Å². The van der Waals surface area contributed by atoms with Crippen LogP contribution in [0.15, 0.2) is 140 Å². The summed E-state index contributed by atoms with van der Waals surface area (Å²) in [6, 6.07) is 54.0. The Balaban J connectivity index is 0.00000676. The van der Waals surface area contributed by atoms with Crippen molar-refractivity contribution in [2.75, 3.05) is 9.80 Å². The fourth-order valence-electron chi connectivity index (χ4n) is 9.82. The number of ether oxygens (including phenoxy) is 1. The standard InChI is InChI=1S/C65H71N4O.Pt/c1-42(2)53-25-20-26-54(43(3)4)61(53)59-40-67(41-68(59)49-24-19-23-45(33-49)62(5,6)7)50-34-48(64(11,12)13)35-52(38-50)70-51-28-29-55-56-36-47(65(14,15)44-21-17-16-18-22-44)27-30-57(56)69(58(55)39-51)60-37-46(31-32-66-60)63(8,9)10;/h16-37,40-43H,1-15H3;/q-3;. The zero-order valence-electron chi connectivity index (χ0n) is 44.5. The Morgan fingerprint density at radius 1 is 0.549 bits per heavy atom. The third kappa shape index (κ3) is 10.1. The average molecular weight is 1120 g/mol. The average Bonchev–Trinajstić information content (AvgIpc) is 3.90. The summed E-state index contributed by atoms with van der Waals surface area (Å²) < 4.78 is 9.23. The number of benzene rings is 6. The monoisotopic (exact) mass is 1120 g/mol. The molecule has 9 rings (SSSR count). The number of pyridine rings is 1. The summed E-state index contributed by atoms with van der Waals surface area (Å²) in [5, 5.41) is 2.24. The summed E-state index contributed by atoms with van der Waals surface area (Å²) >= 11 is 0. The minimum absolute atomic E-state index is 0. The van der Waals surface area contributed by atoms with Crippen LogP contribution in [0.4, 0.5) is 11.4 Å². The number of hydrogen-bond donors (Lipinski definition) is 0. The molecule has 8 aromatic rings. The van der Waals surface area contributed by atoms with Gasteiger partial charge in [0.25, 0.3) is 0 Å². The first-order valence-corrected chi connectivity index (χ1v) is 25.2. The molecular formula is C65H71N4OPt-3. The Kier molecular flexibility index (Phi) is 14.0. The van der Waals surface area contributed by atoms with Gasteiger partial charge in [-0.25, -0.2) is 4.98 Å². The van der Waals surface area contributed by atoms with Crippen LogP contribution in [0.2, 0.25) is 0 Å². The van der Waals surface area contributed by atoms with Crippen LogP contribution in [-0.2, 0) is 42.7 Å². The maximum Gasteiger partial charge on any atom is 0.135 e. The second-order valence-corrected chi connectivity index (χ2v) is 23.6. The smallest absolute Gasteiger partial charge is 0.135 e. The molecule has 0 bridgehead atoms. The molecule has 3 heterocycles. The molecule has 0 radical (unpaired) electrons. The Hall–Kier alpha value is -5.90. The summed E-state index contributed by atoms with van der Waals surface area (Å²) in [5.41, 5.74) is 14.8. The van der Waals surface area contributed by atoms with E-state index in [-0.39, 0.29) is 42.7 Å². The molecule has 0 saturated heterocycles. The van der Waals surface area contributed by atoms with Gasteiger partial charge in [-0.15, -0.1) is 53.6 Å². The van der Waals surface area contributed by atoms with Gasteiger partial charge in [0.15, 0.2) is 0 Å². The molecule has 0 N–H and O–H groups in total. The van der Waals surface area contributed by atoms with Crippen molar-refractivity contribution in [1.82, 2.24) is 9.55 Å². The molecule has 0 amide bonds. The van der Waals surface area contributed by atoms with Gasteiger partial charge in [0.2, 0.25) is 0 Å². The molecule has 0 fully saturated rings. The number of rotatable bonds is 10. The van der Waals surface area contributed by atoms with Gasteiger partial charge in [0.05, 0.1) is 0 Å². The number of anilines is 2. The number of nitrogens with zero attached hydrogens (tertiary/aromatic N) is 4. The second-order valence-electron chi connectivity index (χ2n) is 23.6. The van der Waals surface area contributed by atoms with Crippen LogP contribution >= 0.6 is 0 Å². The van der Waals surface area contributed by atoms with Crippen LogP contribution in [0.5, 0.6) is 11.5 Å². The van der Waals surface area contributed by atoms with Crippen LogP contribution in [-0.4, -0.2) is 9.55 Å². The van der Waals surface area contributed by atoms with Crippen molar-refractivity contribution in [3.63, 3.8) is 0 Å². The molecule has 0 aliphatic carbocycles. The van der Waals surface area contributed by atoms with Gasteiger partial charge < -0.3 is 19.1 Å². The van der Waals surface area contributed by atoms with Crippen LogP contribution in [0.25, 0.3) is 33.3 Å². The van der Waals surface area contributed by atoms with Gasteiger partial charge in [-0.2, -0.15) is 6.07 Å². The SMILES string of the molecule is CC(C)c1cccc(C(C)C)c1C1=CN(c2[c-]c(Oc3[c-]c4c(cc3)c3cc(C(C)(C)c5ccccc5)ccc3n4-c3cc(C(C)(C)C)ccn3)cc(C(C)(C)C)c2)[CH-]N1c1cccc(C(C)(C)C)c1.[Pt]. The fraction of sp³-hybridized carbons (Fsp3) is 0.323. The molecule has 370 valence electrons. The van der Waals surface area contributed by atoms with E-state index >= 15 is 0 Å². The third-order valence-corrected chi connectivity index (χ3v) is 14.3. The quantitative estimate of drug-likeness (QED) is 0.128. The Morgan fingerprint density at radius 3 is 1.83 bits per heavy atom. The van der Waals surface area contributed by atoms with E-state index in [2.05, 4.69) is 271 Å². The summed E-state index contributed by atoms with van der Waals surface area (Å²) in [6.45, 7) is 36.4. The van der Waals surface area contributed by atoms with Crippen molar-refractivity contribution in [2.45, 2.75) is 137 Å². The molecule has 0 atom stereocenters. The molecule has 6 aromatic carbocycles. The molecule has 71 heavy (non-hydrogen) atoms. The van der Waals surface area contributed by atoms with Crippen LogP contribution in [0.1, 0.15) is 160 Å². The summed E-state index contributed by atoms with van der Waals surface area (Å²) in [6.07, 6.45) is 4.22. The fourth-order valence-corrected chi connectivity index (χ4v) is 9.82. The summed E-state index contributed by atoms with van der Waals surface area (Å²) in [5.74, 6) is 2.74. The molecule has 0 unspecified atom stereocenters. The van der Waals surface area contributed by atoms with E-state index in [4.69, 9.17) is 9.72 Å². The first kappa shape index (κ1) is 51.5. The second kappa shape index (κ2) is 19.3. The molecule has 0 spiro atoms. The van der Waals surface area contributed by atoms with Gasteiger partial charge >= 0.3 is 0 Å². The normalized spacial score (nSPS) is 13.7. The van der Waals surface area contributed by atoms with Crippen molar-refractivity contribution in [2.24, 2.45) is 0 Å². The first-order valence-electron chi connectivity index (χ1n) is 25.2. The molecule has 1 aliphatic heterocycles. The first-order chi connectivity index (χ1) is 33.0. The maximum atomic E-state index is 6.98. The largest absolute Gasteiger partial charge is 0.509 e. The van der Waals surface area contributed by atoms with E-state index in [1.54, 1.807) is 0 Å². The molecule has 5 nitrogen and oxygen atoms in total. The predicted molar refractivity (Wildman–Crippen MR) is 296 cm³/mol. The van der Waals surface area contributed by atoms with Gasteiger partial charge in [-0.3, -0.25) is 0 Å². The van der Waals surface area contributed by atoms with E-state index in [1.165, 1.54) is 38.9 Å². The number of hydrogen-bond acceptors (Lipinski definition) is 4. The molecule has 6 heteroatoms. The third-order valence-electron chi connectivity index (χ3n) is 14.3. The van der Waals surface area contributed by atoms with Crippen LogP contribution in [0, 0.1) is 18.8 Å². The maximum absolute atomic E-state index is 6.98. The minimum Gasteiger partial charge on any atom is -0.509 e. The van der Waals surface area contributed by atoms with Gasteiger partial charge in [0.1, 0.15) is 5.82 Å². The van der Waals surface area contributed by atoms with Crippen molar-refractivity contribution in [1.29, 1.82) is 0 Å². The Morgan fingerprint density at radius 2 is 1.18 bits per heavy atom. The van der Waals surface area contributed by atoms with Crippen molar-refractivity contribution < 1.29 is 25.8 Å². The Labute approximate surface area is 439 Å². The molecular weight excluding hydrogens is 1050 g/mol. The van der Waals surface area contributed by atoms with E-state index < -0.39 is 0 Å². The number of aromatic nitrogens is 2. The molecule has 1 aliphatic rings. The van der Waals surface area contributed by atoms with E-state index in [0.717, 1.165) is 50.3 Å². The van der Waals surface area contributed by atoms with Crippen molar-refractivity contribution >= 4 is 38.9 Å². The van der Waals surface area contributed by atoms with E-state index in [0.29, 0.717) is 23.3 Å². The summed E-state index contributed by atoms with van der Waals surface area (Å²) in [4.78, 5) is 9.61. The van der Waals surface area contributed by atoms with Gasteiger partial charge in [-0.05, 0) is 103 Å². The zero-order chi connectivity index (χ0) is 50.1. The predicted octanol–water partition coefficient (Wildman–Crippen LogP) is 17.5. The van der Waals surface area contributed by atoms with Crippen LogP contribution < -0.4 is 14.5 Å². The van der Waals surface area contributed by atoms with Gasteiger partial charge in [0, 0.05) is 66.6 Å². The molecule has 2 aromatic heterocycles. The zero-order valence-corrected chi connectivity index (χ0v) is 46.8. The number of fused-ring (bicyclic) bond motifs is 3. The van der Waals surface area contributed by atoms with Crippen LogP contribution in [0.3, 0.4) is 0 Å². The minimum atomic E-state index is -0.211. The topological polar surface area (TPSA) is 33.5 Å². The van der Waals surface area contributed by atoms with Crippen molar-refractivity contribution in [3.05, 3.63) is 203 Å². The Bertz CT molecular complexity index is 3240. The van der Waals surface area contributed by atoms with Crippen molar-refractivity contribution in [3.8, 4) is 17.3 Å². The molecule has 0 saturated carbocycles. The van der Waals surface area contributed by atoms with Gasteiger partial charge in [-0.1, -0.05) is 182 Å². The summed E-state index contributed by atoms with van der Waals surface area (Å²) in [7, 11) is 0. The van der Waals surface area contributed by atoms with E-state index in [9.17, 15) is 0 Å².